The Bertz CT molecular complexity index is 1520. The van der Waals surface area contributed by atoms with Crippen molar-refractivity contribution in [2.75, 3.05) is 18.0 Å². The molecule has 1 aromatic carbocycles. The Hall–Kier alpha value is -4.20. The summed E-state index contributed by atoms with van der Waals surface area (Å²) in [6.07, 6.45) is 11.4. The summed E-state index contributed by atoms with van der Waals surface area (Å²) in [7, 11) is 0. The number of carbonyl (C=O) groups excluding carboxylic acids is 1. The third-order valence-electron chi connectivity index (χ3n) is 8.09. The number of likely N-dealkylation sites (tertiary alicyclic amines) is 1. The van der Waals surface area contributed by atoms with Gasteiger partial charge in [0.15, 0.2) is 5.84 Å². The highest BCUT2D eigenvalue weighted by Gasteiger charge is 2.38. The zero-order valence-corrected chi connectivity index (χ0v) is 25.0. The monoisotopic (exact) mass is 569 g/mol. The summed E-state index contributed by atoms with van der Waals surface area (Å²) in [6, 6.07) is 7.99. The van der Waals surface area contributed by atoms with Crippen molar-refractivity contribution in [3.8, 4) is 0 Å². The highest BCUT2D eigenvalue weighted by atomic mass is 19.1. The van der Waals surface area contributed by atoms with E-state index in [1.165, 1.54) is 12.2 Å². The minimum Gasteiger partial charge on any atom is -0.494 e. The molecule has 1 atom stereocenters. The van der Waals surface area contributed by atoms with Gasteiger partial charge in [-0.3, -0.25) is 14.4 Å². The number of hydrogen-bond acceptors (Lipinski definition) is 5. The van der Waals surface area contributed by atoms with E-state index in [9.17, 15) is 14.3 Å². The van der Waals surface area contributed by atoms with Gasteiger partial charge >= 0.3 is 0 Å². The topological polar surface area (TPSA) is 74.0 Å². The maximum Gasteiger partial charge on any atom is 0.261 e. The van der Waals surface area contributed by atoms with Crippen LogP contribution in [0.4, 0.5) is 10.1 Å². The molecule has 1 N–H and O–H groups in total. The molecular formula is C34H40FN5O2. The van der Waals surface area contributed by atoms with E-state index in [0.29, 0.717) is 37.0 Å². The summed E-state index contributed by atoms with van der Waals surface area (Å²) in [5, 5.41) is 16.8. The van der Waals surface area contributed by atoms with Crippen molar-refractivity contribution in [3.05, 3.63) is 107 Å². The normalized spacial score (nSPS) is 19.3. The van der Waals surface area contributed by atoms with Gasteiger partial charge in [0.2, 0.25) is 5.88 Å². The minimum atomic E-state index is -0.309. The molecule has 1 unspecified atom stereocenters. The molecule has 2 aromatic rings. The second-order valence-corrected chi connectivity index (χ2v) is 11.5. The maximum absolute atomic E-state index is 14.1. The van der Waals surface area contributed by atoms with Crippen molar-refractivity contribution in [2.24, 2.45) is 16.8 Å². The molecular weight excluding hydrogens is 529 g/mol. The smallest absolute Gasteiger partial charge is 0.261 e. The number of aliphatic imine (C=N–C) groups is 1. The van der Waals surface area contributed by atoms with E-state index in [2.05, 4.69) is 34.3 Å². The summed E-state index contributed by atoms with van der Waals surface area (Å²) < 4.78 is 15.6. The first-order valence-corrected chi connectivity index (χ1v) is 14.9. The number of para-hydroxylation sites is 1. The predicted octanol–water partition coefficient (Wildman–Crippen LogP) is 6.80. The van der Waals surface area contributed by atoms with E-state index in [0.717, 1.165) is 48.2 Å². The Kier molecular flexibility index (Phi) is 8.61. The van der Waals surface area contributed by atoms with E-state index in [1.54, 1.807) is 9.80 Å². The lowest BCUT2D eigenvalue weighted by Crippen LogP contribution is -2.40. The van der Waals surface area contributed by atoms with Gasteiger partial charge in [-0.15, -0.1) is 0 Å². The summed E-state index contributed by atoms with van der Waals surface area (Å²) in [5.74, 6) is 0.201. The average Bonchev–Trinajstić information content (AvgIpc) is 3.59. The van der Waals surface area contributed by atoms with Crippen LogP contribution in [0.1, 0.15) is 57.4 Å². The van der Waals surface area contributed by atoms with E-state index < -0.39 is 0 Å². The number of rotatable bonds is 8. The number of allylic oxidation sites excluding steroid dienone is 5. The molecule has 1 aliphatic carbocycles. The molecule has 0 spiro atoms. The molecule has 220 valence electrons. The lowest BCUT2D eigenvalue weighted by molar-refractivity contribution is -0.126. The van der Waals surface area contributed by atoms with Gasteiger partial charge in [-0.05, 0) is 66.9 Å². The van der Waals surface area contributed by atoms with Crippen molar-refractivity contribution >= 4 is 17.4 Å². The second kappa shape index (κ2) is 12.3. The molecule has 5 rings (SSSR count). The van der Waals surface area contributed by atoms with Crippen LogP contribution >= 0.6 is 0 Å². The van der Waals surface area contributed by atoms with Crippen LogP contribution < -0.4 is 4.90 Å². The fourth-order valence-corrected chi connectivity index (χ4v) is 5.96. The van der Waals surface area contributed by atoms with Crippen LogP contribution in [0.2, 0.25) is 0 Å². The van der Waals surface area contributed by atoms with Gasteiger partial charge in [0, 0.05) is 25.8 Å². The fourth-order valence-electron chi connectivity index (χ4n) is 5.96. The zero-order valence-electron chi connectivity index (χ0n) is 25.0. The number of nitrogens with zero attached hydrogens (tertiary/aromatic N) is 5. The Morgan fingerprint density at radius 3 is 2.60 bits per heavy atom. The Balaban J connectivity index is 1.54. The number of aliphatic hydroxyl groups excluding tert-OH is 1. The Morgan fingerprint density at radius 1 is 1.17 bits per heavy atom. The molecule has 1 saturated heterocycles. The van der Waals surface area contributed by atoms with Gasteiger partial charge in [-0.25, -0.2) is 9.38 Å². The quantitative estimate of drug-likeness (QED) is 0.379. The van der Waals surface area contributed by atoms with Gasteiger partial charge in [0.05, 0.1) is 11.4 Å². The van der Waals surface area contributed by atoms with Crippen LogP contribution in [0.5, 0.6) is 0 Å². The van der Waals surface area contributed by atoms with Gasteiger partial charge < -0.3 is 10.0 Å². The first kappa shape index (κ1) is 29.3. The largest absolute Gasteiger partial charge is 0.494 e. The molecule has 0 radical (unpaired) electrons. The van der Waals surface area contributed by atoms with Crippen LogP contribution in [0.25, 0.3) is 0 Å². The van der Waals surface area contributed by atoms with E-state index in [-0.39, 0.29) is 34.8 Å². The average molecular weight is 570 g/mol. The first-order valence-electron chi connectivity index (χ1n) is 14.9. The summed E-state index contributed by atoms with van der Waals surface area (Å²) in [5.41, 5.74) is 4.87. The van der Waals surface area contributed by atoms with Gasteiger partial charge in [0.1, 0.15) is 17.1 Å². The molecule has 3 heterocycles. The number of aromatic nitrogens is 2. The summed E-state index contributed by atoms with van der Waals surface area (Å²) in [4.78, 5) is 22.3. The van der Waals surface area contributed by atoms with Crippen LogP contribution in [0.15, 0.2) is 94.9 Å². The molecule has 1 fully saturated rings. The highest BCUT2D eigenvalue weighted by molar-refractivity contribution is 6.15. The lowest BCUT2D eigenvalue weighted by atomic mass is 9.95. The predicted molar refractivity (Wildman–Crippen MR) is 166 cm³/mol. The molecule has 42 heavy (non-hydrogen) atoms. The second-order valence-electron chi connectivity index (χ2n) is 11.5. The number of carbonyl (C=O) groups is 1. The molecule has 3 aliphatic rings. The number of halogens is 1. The molecule has 0 bridgehead atoms. The Labute approximate surface area is 247 Å². The van der Waals surface area contributed by atoms with E-state index in [1.807, 2.05) is 47.3 Å². The van der Waals surface area contributed by atoms with Gasteiger partial charge in [-0.1, -0.05) is 70.2 Å². The molecule has 7 nitrogen and oxygen atoms in total. The lowest BCUT2D eigenvalue weighted by Gasteiger charge is -2.33. The maximum atomic E-state index is 14.1. The fraction of sp³-hybridized carbons (Fsp3) is 0.382. The van der Waals surface area contributed by atoms with E-state index >= 15 is 0 Å². The van der Waals surface area contributed by atoms with Crippen molar-refractivity contribution in [2.45, 2.75) is 59.9 Å². The Morgan fingerprint density at radius 2 is 1.90 bits per heavy atom. The molecule has 0 saturated carbocycles. The van der Waals surface area contributed by atoms with Crippen LogP contribution in [-0.2, 0) is 24.2 Å². The minimum absolute atomic E-state index is 0.0923. The van der Waals surface area contributed by atoms with Gasteiger partial charge in [0.25, 0.3) is 5.91 Å². The SMILES string of the molecule is C=C1N=C(c2ccn(CC(C)C)n2)N(c2c(CC)cccc2CC)C(O)=C1C(=O)N1CCC(C2=CC=C(F)C=CC2)C1. The third kappa shape index (κ3) is 5.75. The number of amides is 1. The zero-order chi connectivity index (χ0) is 30.0. The van der Waals surface area contributed by atoms with Crippen molar-refractivity contribution in [3.63, 3.8) is 0 Å². The molecule has 1 aromatic heterocycles. The number of aliphatic hydroxyl groups is 1. The number of hydrogen-bond donors (Lipinski definition) is 1. The van der Waals surface area contributed by atoms with Crippen LogP contribution in [-0.4, -0.2) is 44.6 Å². The van der Waals surface area contributed by atoms with Crippen LogP contribution in [0.3, 0.4) is 0 Å². The molecule has 1 amide bonds. The number of anilines is 1. The number of aryl methyl sites for hydroxylation is 2. The summed E-state index contributed by atoms with van der Waals surface area (Å²) in [6.45, 7) is 14.3. The van der Waals surface area contributed by atoms with Gasteiger partial charge in [-0.2, -0.15) is 5.10 Å². The van der Waals surface area contributed by atoms with Crippen molar-refractivity contribution in [1.29, 1.82) is 0 Å². The molecule has 2 aliphatic heterocycles. The molecule has 8 heteroatoms. The number of amidine groups is 1. The number of benzene rings is 1. The van der Waals surface area contributed by atoms with Crippen molar-refractivity contribution < 1.29 is 14.3 Å². The van der Waals surface area contributed by atoms with Crippen molar-refractivity contribution in [1.82, 2.24) is 14.7 Å². The first-order chi connectivity index (χ1) is 20.2. The highest BCUT2D eigenvalue weighted by Crippen LogP contribution is 2.37. The summed E-state index contributed by atoms with van der Waals surface area (Å²) >= 11 is 0. The third-order valence-corrected chi connectivity index (χ3v) is 8.09. The standard InChI is InChI=1S/C34H40FN5O2/c1-6-24-10-8-11-25(7-2)31(24)40-32(29-17-19-39(37-29)20-22(3)4)36-23(5)30(34(40)42)33(41)38-18-16-27(21-38)26-12-9-13-28(35)15-14-26/h8-11,13-15,17,19,22,27,42H,5-7,12,16,18,20-21H2,1-4H3. The van der Waals surface area contributed by atoms with Crippen LogP contribution in [0, 0.1) is 11.8 Å². The van der Waals surface area contributed by atoms with E-state index in [4.69, 9.17) is 10.1 Å².